The van der Waals surface area contributed by atoms with Gasteiger partial charge in [-0.3, -0.25) is 9.97 Å². The third kappa shape index (κ3) is 12.8. The van der Waals surface area contributed by atoms with Crippen LogP contribution in [0.5, 0.6) is 0 Å². The molecule has 1 N–H and O–H groups in total. The van der Waals surface area contributed by atoms with Gasteiger partial charge in [0.2, 0.25) is 0 Å². The predicted molar refractivity (Wildman–Crippen MR) is 155 cm³/mol. The molecule has 4 rings (SSSR count). The number of H-pyrrole nitrogens is 1. The molecule has 0 atom stereocenters. The van der Waals surface area contributed by atoms with Crippen molar-refractivity contribution in [2.24, 2.45) is 0 Å². The Morgan fingerprint density at radius 1 is 0.800 bits per heavy atom. The van der Waals surface area contributed by atoms with Gasteiger partial charge in [0.05, 0.1) is 5.51 Å². The van der Waals surface area contributed by atoms with Crippen LogP contribution in [0.4, 0.5) is 0 Å². The van der Waals surface area contributed by atoms with Crippen molar-refractivity contribution < 1.29 is 0 Å². The highest BCUT2D eigenvalue weighted by Crippen LogP contribution is 2.24. The van der Waals surface area contributed by atoms with Gasteiger partial charge in [-0.25, -0.2) is 4.37 Å². The normalized spacial score (nSPS) is 11.1. The lowest BCUT2D eigenvalue weighted by Crippen LogP contribution is -2.10. The van der Waals surface area contributed by atoms with E-state index < -0.39 is 0 Å². The SMILES string of the molecule is CC(C)(C)c1ccc[nH]1.CC(C)(C)c1cncs1.CC(C)c1ccccn1.CC(C)c1ccns1. The maximum Gasteiger partial charge on any atom is 0.0794 e. The fourth-order valence-corrected chi connectivity index (χ4v) is 3.91. The van der Waals surface area contributed by atoms with Crippen LogP contribution in [0.15, 0.2) is 66.7 Å². The number of nitrogens with zero attached hydrogens (tertiary/aromatic N) is 3. The molecule has 0 radical (unpaired) electrons. The van der Waals surface area contributed by atoms with Crippen LogP contribution in [0.2, 0.25) is 0 Å². The lowest BCUT2D eigenvalue weighted by Gasteiger charge is -2.15. The Kier molecular flexibility index (Phi) is 13.1. The zero-order chi connectivity index (χ0) is 26.5. The number of rotatable bonds is 2. The molecule has 0 aliphatic heterocycles. The highest BCUT2D eigenvalue weighted by Gasteiger charge is 2.14. The number of aromatic nitrogens is 4. The standard InChI is InChI=1S/C8H13N.C8H11N.C7H11NS.C6H9NS/c1-8(2,3)7-5-4-6-9-7;1-7(2)8-5-3-4-6-9-8;1-7(2,3)6-4-8-5-9-6;1-5(2)6-3-4-7-8-6/h4-6,9H,1-3H3;3-7H,1-2H3;4-5H,1-3H3;3-5H,1-2H3. The van der Waals surface area contributed by atoms with E-state index in [1.165, 1.54) is 15.4 Å². The fourth-order valence-electron chi connectivity index (χ4n) is 2.62. The van der Waals surface area contributed by atoms with E-state index in [1.807, 2.05) is 54.6 Å². The van der Waals surface area contributed by atoms with Crippen molar-refractivity contribution in [2.45, 2.75) is 91.9 Å². The Hall–Kier alpha value is -2.31. The monoisotopic (exact) mass is 512 g/mol. The molecular weight excluding hydrogens is 468 g/mol. The molecule has 0 aromatic carbocycles. The Morgan fingerprint density at radius 2 is 1.51 bits per heavy atom. The molecular formula is C29H44N4S2. The number of hydrogen-bond donors (Lipinski definition) is 1. The van der Waals surface area contributed by atoms with Gasteiger partial charge in [0.25, 0.3) is 0 Å². The predicted octanol–water partition coefficient (Wildman–Crippen LogP) is 9.22. The van der Waals surface area contributed by atoms with Gasteiger partial charge >= 0.3 is 0 Å². The van der Waals surface area contributed by atoms with Crippen LogP contribution in [0.1, 0.15) is 102 Å². The van der Waals surface area contributed by atoms with Gasteiger partial charge in [0.1, 0.15) is 0 Å². The number of thiazole rings is 1. The van der Waals surface area contributed by atoms with Gasteiger partial charge < -0.3 is 4.98 Å². The first-order valence-electron chi connectivity index (χ1n) is 12.2. The van der Waals surface area contributed by atoms with Crippen LogP contribution >= 0.6 is 22.9 Å². The van der Waals surface area contributed by atoms with Gasteiger partial charge in [-0.05, 0) is 59.1 Å². The van der Waals surface area contributed by atoms with Crippen molar-refractivity contribution in [3.05, 3.63) is 87.8 Å². The summed E-state index contributed by atoms with van der Waals surface area (Å²) >= 11 is 3.30. The average Bonchev–Trinajstić information content (AvgIpc) is 3.58. The van der Waals surface area contributed by atoms with Crippen molar-refractivity contribution in [3.8, 4) is 0 Å². The van der Waals surface area contributed by atoms with E-state index >= 15 is 0 Å². The van der Waals surface area contributed by atoms with Crippen molar-refractivity contribution in [1.82, 2.24) is 19.3 Å². The van der Waals surface area contributed by atoms with Crippen molar-refractivity contribution >= 4 is 22.9 Å². The molecule has 0 saturated carbocycles. The molecule has 6 heteroatoms. The quantitative estimate of drug-likeness (QED) is 0.291. The highest BCUT2D eigenvalue weighted by atomic mass is 32.1. The van der Waals surface area contributed by atoms with E-state index in [-0.39, 0.29) is 10.8 Å². The Balaban J connectivity index is 0.000000234. The van der Waals surface area contributed by atoms with Gasteiger partial charge in [-0.2, -0.15) is 0 Å². The van der Waals surface area contributed by atoms with Crippen LogP contribution in [0.3, 0.4) is 0 Å². The van der Waals surface area contributed by atoms with E-state index in [9.17, 15) is 0 Å². The van der Waals surface area contributed by atoms with E-state index in [0.29, 0.717) is 11.8 Å². The lowest BCUT2D eigenvalue weighted by atomic mass is 9.93. The zero-order valence-corrected chi connectivity index (χ0v) is 24.8. The summed E-state index contributed by atoms with van der Waals surface area (Å²) in [5.74, 6) is 1.19. The Labute approximate surface area is 221 Å². The average molecular weight is 513 g/mol. The van der Waals surface area contributed by atoms with E-state index in [2.05, 4.69) is 101 Å². The minimum atomic E-state index is 0.267. The second kappa shape index (κ2) is 14.9. The van der Waals surface area contributed by atoms with E-state index in [1.54, 1.807) is 22.9 Å². The Bertz CT molecular complexity index is 947. The van der Waals surface area contributed by atoms with E-state index in [0.717, 1.165) is 5.69 Å². The summed E-state index contributed by atoms with van der Waals surface area (Å²) in [6.07, 6.45) is 7.57. The first-order chi connectivity index (χ1) is 16.3. The van der Waals surface area contributed by atoms with Gasteiger partial charge in [0, 0.05) is 51.3 Å². The summed E-state index contributed by atoms with van der Waals surface area (Å²) in [5, 5.41) is 0. The molecule has 0 bridgehead atoms. The summed E-state index contributed by atoms with van der Waals surface area (Å²) in [7, 11) is 0. The van der Waals surface area contributed by atoms with Gasteiger partial charge in [0.15, 0.2) is 0 Å². The largest absolute Gasteiger partial charge is 0.365 e. The molecule has 0 amide bonds. The van der Waals surface area contributed by atoms with Gasteiger partial charge in [-0.15, -0.1) is 11.3 Å². The van der Waals surface area contributed by atoms with Crippen LogP contribution in [-0.2, 0) is 10.8 Å². The molecule has 4 heterocycles. The molecule has 4 nitrogen and oxygen atoms in total. The maximum atomic E-state index is 4.18. The molecule has 0 fully saturated rings. The minimum absolute atomic E-state index is 0.267. The smallest absolute Gasteiger partial charge is 0.0794 e. The minimum Gasteiger partial charge on any atom is -0.365 e. The van der Waals surface area contributed by atoms with E-state index in [4.69, 9.17) is 0 Å². The number of nitrogens with one attached hydrogen (secondary N) is 1. The van der Waals surface area contributed by atoms with Crippen LogP contribution in [0.25, 0.3) is 0 Å². The number of pyridine rings is 1. The lowest BCUT2D eigenvalue weighted by molar-refractivity contribution is 0.573. The first kappa shape index (κ1) is 30.7. The topological polar surface area (TPSA) is 54.5 Å². The van der Waals surface area contributed by atoms with Crippen molar-refractivity contribution in [2.75, 3.05) is 0 Å². The number of hydrogen-bond acceptors (Lipinski definition) is 5. The molecule has 192 valence electrons. The second-order valence-electron chi connectivity index (χ2n) is 10.9. The molecule has 4 aromatic heterocycles. The Morgan fingerprint density at radius 3 is 1.77 bits per heavy atom. The first-order valence-corrected chi connectivity index (χ1v) is 13.8. The molecule has 35 heavy (non-hydrogen) atoms. The molecule has 0 aliphatic carbocycles. The molecule has 0 aliphatic rings. The van der Waals surface area contributed by atoms with Crippen LogP contribution in [-0.4, -0.2) is 19.3 Å². The molecule has 0 spiro atoms. The fraction of sp³-hybridized carbons (Fsp3) is 0.483. The van der Waals surface area contributed by atoms with Crippen LogP contribution in [0, 0.1) is 0 Å². The van der Waals surface area contributed by atoms with Crippen LogP contribution < -0.4 is 0 Å². The zero-order valence-electron chi connectivity index (χ0n) is 23.2. The highest BCUT2D eigenvalue weighted by molar-refractivity contribution is 7.09. The van der Waals surface area contributed by atoms with Gasteiger partial charge in [-0.1, -0.05) is 75.3 Å². The molecule has 0 saturated heterocycles. The molecule has 0 unspecified atom stereocenters. The third-order valence-corrected chi connectivity index (χ3v) is 7.13. The third-order valence-electron chi connectivity index (χ3n) is 4.88. The number of aromatic amines is 1. The summed E-state index contributed by atoms with van der Waals surface area (Å²) < 4.78 is 3.99. The van der Waals surface area contributed by atoms with Crippen molar-refractivity contribution in [1.29, 1.82) is 0 Å². The summed E-state index contributed by atoms with van der Waals surface area (Å²) in [6.45, 7) is 21.8. The van der Waals surface area contributed by atoms with Crippen molar-refractivity contribution in [3.63, 3.8) is 0 Å². The summed E-state index contributed by atoms with van der Waals surface area (Å²) in [4.78, 5) is 14.1. The summed E-state index contributed by atoms with van der Waals surface area (Å²) in [5.41, 5.74) is 4.88. The summed E-state index contributed by atoms with van der Waals surface area (Å²) in [6, 6.07) is 12.2. The molecule has 4 aromatic rings. The maximum absolute atomic E-state index is 4.18. The second-order valence-corrected chi connectivity index (χ2v) is 12.7.